The van der Waals surface area contributed by atoms with E-state index in [2.05, 4.69) is 0 Å². The molecule has 134 valence electrons. The molecular weight excluding hydrogens is 340 g/mol. The fraction of sp³-hybridized carbons (Fsp3) is 0.316. The first-order chi connectivity index (χ1) is 11.8. The highest BCUT2D eigenvalue weighted by atomic mass is 32.2. The van der Waals surface area contributed by atoms with Crippen molar-refractivity contribution in [1.29, 1.82) is 0 Å². The van der Waals surface area contributed by atoms with Gasteiger partial charge < -0.3 is 9.84 Å². The molecule has 0 aliphatic heterocycles. The van der Waals surface area contributed by atoms with Gasteiger partial charge in [-0.1, -0.05) is 31.5 Å². The van der Waals surface area contributed by atoms with Gasteiger partial charge in [-0.15, -0.1) is 0 Å². The lowest BCUT2D eigenvalue weighted by Crippen LogP contribution is -2.12. The fourth-order valence-corrected chi connectivity index (χ4v) is 4.28. The number of hydrogen-bond donors (Lipinski definition) is 1. The zero-order valence-corrected chi connectivity index (χ0v) is 15.4. The molecule has 0 saturated carbocycles. The Bertz CT molecular complexity index is 870. The molecule has 0 fully saturated rings. The van der Waals surface area contributed by atoms with Gasteiger partial charge in [-0.3, -0.25) is 0 Å². The maximum absolute atomic E-state index is 13.0. The average molecular weight is 362 g/mol. The summed E-state index contributed by atoms with van der Waals surface area (Å²) in [5, 5.41) is 10.5. The number of aromatic hydroxyl groups is 1. The van der Waals surface area contributed by atoms with Crippen molar-refractivity contribution < 1.29 is 23.1 Å². The number of sulfone groups is 1. The van der Waals surface area contributed by atoms with E-state index in [0.29, 0.717) is 12.0 Å². The van der Waals surface area contributed by atoms with Crippen LogP contribution >= 0.6 is 0 Å². The summed E-state index contributed by atoms with van der Waals surface area (Å²) < 4.78 is 30.8. The zero-order valence-electron chi connectivity index (χ0n) is 14.6. The molecule has 0 aromatic heterocycles. The first-order valence-electron chi connectivity index (χ1n) is 8.08. The second-order valence-electron chi connectivity index (χ2n) is 5.79. The first-order valence-corrected chi connectivity index (χ1v) is 9.56. The second-order valence-corrected chi connectivity index (χ2v) is 7.71. The molecule has 2 aromatic carbocycles. The molecule has 1 N–H and O–H groups in total. The molecular formula is C19H22O5S. The van der Waals surface area contributed by atoms with Crippen LogP contribution in [0, 0.1) is 6.92 Å². The number of phenolic OH excluding ortho intramolecular Hbond substituents is 1. The third kappa shape index (κ3) is 3.69. The van der Waals surface area contributed by atoms with Crippen molar-refractivity contribution in [2.24, 2.45) is 0 Å². The molecule has 2 rings (SSSR count). The quantitative estimate of drug-likeness (QED) is 0.793. The molecule has 0 amide bonds. The standard InChI is InChI=1S/C19H22O5S/c1-4-5-9-14-12-16(13(2)17(18(14)20)19(21)24-3)25(22,23)15-10-7-6-8-11-15/h6-8,10-12,20H,4-5,9H2,1-3H3. The summed E-state index contributed by atoms with van der Waals surface area (Å²) in [7, 11) is -2.62. The number of unbranched alkanes of at least 4 members (excludes halogenated alkanes) is 1. The second kappa shape index (κ2) is 7.70. The number of methoxy groups -OCH3 is 1. The summed E-state index contributed by atoms with van der Waals surface area (Å²) in [5.74, 6) is -0.956. The summed E-state index contributed by atoms with van der Waals surface area (Å²) in [4.78, 5) is 12.3. The number of benzene rings is 2. The minimum atomic E-state index is -3.82. The molecule has 0 atom stereocenters. The summed E-state index contributed by atoms with van der Waals surface area (Å²) in [6, 6.07) is 9.49. The predicted molar refractivity (Wildman–Crippen MR) is 94.7 cm³/mol. The number of carbonyl (C=O) groups excluding carboxylic acids is 1. The Kier molecular flexibility index (Phi) is 5.85. The zero-order chi connectivity index (χ0) is 18.6. The lowest BCUT2D eigenvalue weighted by Gasteiger charge is -2.16. The van der Waals surface area contributed by atoms with E-state index in [1.165, 1.54) is 32.2 Å². The van der Waals surface area contributed by atoms with Gasteiger partial charge >= 0.3 is 5.97 Å². The number of rotatable bonds is 6. The van der Waals surface area contributed by atoms with Crippen LogP contribution in [0.4, 0.5) is 0 Å². The maximum atomic E-state index is 13.0. The van der Waals surface area contributed by atoms with Crippen LogP contribution in [0.2, 0.25) is 0 Å². The molecule has 0 saturated heterocycles. The smallest absolute Gasteiger partial charge is 0.341 e. The Morgan fingerprint density at radius 3 is 2.40 bits per heavy atom. The Balaban J connectivity index is 2.75. The molecule has 0 radical (unpaired) electrons. The third-order valence-electron chi connectivity index (χ3n) is 4.12. The molecule has 0 spiro atoms. The summed E-state index contributed by atoms with van der Waals surface area (Å²) >= 11 is 0. The molecule has 0 aliphatic carbocycles. The van der Waals surface area contributed by atoms with Crippen LogP contribution in [0.1, 0.15) is 41.3 Å². The SMILES string of the molecule is CCCCc1cc(S(=O)(=O)c2ccccc2)c(C)c(C(=O)OC)c1O. The van der Waals surface area contributed by atoms with Gasteiger partial charge in [-0.05, 0) is 49.1 Å². The molecule has 0 bridgehead atoms. The number of carbonyl (C=O) groups is 1. The van der Waals surface area contributed by atoms with Crippen LogP contribution in [0.3, 0.4) is 0 Å². The molecule has 5 nitrogen and oxygen atoms in total. The van der Waals surface area contributed by atoms with Gasteiger partial charge in [0.25, 0.3) is 0 Å². The number of phenols is 1. The highest BCUT2D eigenvalue weighted by Gasteiger charge is 2.28. The summed E-state index contributed by atoms with van der Waals surface area (Å²) in [6.07, 6.45) is 2.12. The summed E-state index contributed by atoms with van der Waals surface area (Å²) in [6.45, 7) is 3.50. The topological polar surface area (TPSA) is 80.7 Å². The van der Waals surface area contributed by atoms with Crippen LogP contribution in [-0.4, -0.2) is 26.6 Å². The van der Waals surface area contributed by atoms with Gasteiger partial charge in [0.15, 0.2) is 0 Å². The number of esters is 1. The molecule has 0 unspecified atom stereocenters. The van der Waals surface area contributed by atoms with E-state index in [1.807, 2.05) is 6.92 Å². The molecule has 6 heteroatoms. The van der Waals surface area contributed by atoms with Crippen LogP contribution < -0.4 is 0 Å². The highest BCUT2D eigenvalue weighted by Crippen LogP contribution is 2.35. The Morgan fingerprint density at radius 1 is 1.20 bits per heavy atom. The average Bonchev–Trinajstić information content (AvgIpc) is 2.61. The Labute approximate surface area is 148 Å². The van der Waals surface area contributed by atoms with E-state index in [-0.39, 0.29) is 26.7 Å². The number of aryl methyl sites for hydroxylation is 1. The molecule has 25 heavy (non-hydrogen) atoms. The van der Waals surface area contributed by atoms with E-state index in [4.69, 9.17) is 4.74 Å². The Morgan fingerprint density at radius 2 is 1.84 bits per heavy atom. The minimum Gasteiger partial charge on any atom is -0.507 e. The van der Waals surface area contributed by atoms with Crippen molar-refractivity contribution in [1.82, 2.24) is 0 Å². The van der Waals surface area contributed by atoms with Crippen LogP contribution in [-0.2, 0) is 21.0 Å². The molecule has 0 aliphatic rings. The van der Waals surface area contributed by atoms with E-state index < -0.39 is 15.8 Å². The molecule has 2 aromatic rings. The van der Waals surface area contributed by atoms with Gasteiger partial charge in [0.2, 0.25) is 9.84 Å². The lowest BCUT2D eigenvalue weighted by atomic mass is 9.99. The van der Waals surface area contributed by atoms with Crippen molar-refractivity contribution in [3.8, 4) is 5.75 Å². The Hall–Kier alpha value is -2.34. The van der Waals surface area contributed by atoms with Crippen molar-refractivity contribution in [3.05, 3.63) is 53.1 Å². The van der Waals surface area contributed by atoms with Gasteiger partial charge in [0.1, 0.15) is 11.3 Å². The maximum Gasteiger partial charge on any atom is 0.341 e. The van der Waals surface area contributed by atoms with Crippen LogP contribution in [0.15, 0.2) is 46.2 Å². The van der Waals surface area contributed by atoms with Crippen molar-refractivity contribution in [2.45, 2.75) is 42.9 Å². The van der Waals surface area contributed by atoms with E-state index in [1.54, 1.807) is 18.2 Å². The summed E-state index contributed by atoms with van der Waals surface area (Å²) in [5.41, 5.74) is 0.529. The fourth-order valence-electron chi connectivity index (χ4n) is 2.71. The van der Waals surface area contributed by atoms with E-state index in [0.717, 1.165) is 12.8 Å². The van der Waals surface area contributed by atoms with Crippen molar-refractivity contribution >= 4 is 15.8 Å². The van der Waals surface area contributed by atoms with Gasteiger partial charge in [0, 0.05) is 0 Å². The van der Waals surface area contributed by atoms with E-state index in [9.17, 15) is 18.3 Å². The minimum absolute atomic E-state index is 0.0167. The van der Waals surface area contributed by atoms with Gasteiger partial charge in [0.05, 0.1) is 16.9 Å². The lowest BCUT2D eigenvalue weighted by molar-refractivity contribution is 0.0596. The van der Waals surface area contributed by atoms with Gasteiger partial charge in [-0.25, -0.2) is 13.2 Å². The third-order valence-corrected chi connectivity index (χ3v) is 6.02. The van der Waals surface area contributed by atoms with E-state index >= 15 is 0 Å². The van der Waals surface area contributed by atoms with Crippen LogP contribution in [0.5, 0.6) is 5.75 Å². The monoisotopic (exact) mass is 362 g/mol. The number of hydrogen-bond acceptors (Lipinski definition) is 5. The molecule has 0 heterocycles. The largest absolute Gasteiger partial charge is 0.507 e. The number of ether oxygens (including phenoxy) is 1. The first kappa shape index (κ1) is 19.0. The van der Waals surface area contributed by atoms with Crippen LogP contribution in [0.25, 0.3) is 0 Å². The highest BCUT2D eigenvalue weighted by molar-refractivity contribution is 7.91. The predicted octanol–water partition coefficient (Wildman–Crippen LogP) is 3.66. The normalized spacial score (nSPS) is 11.3. The van der Waals surface area contributed by atoms with Gasteiger partial charge in [-0.2, -0.15) is 0 Å². The van der Waals surface area contributed by atoms with Crippen molar-refractivity contribution in [3.63, 3.8) is 0 Å². The van der Waals surface area contributed by atoms with Crippen molar-refractivity contribution in [2.75, 3.05) is 7.11 Å².